The molecule has 9 heteroatoms. The lowest BCUT2D eigenvalue weighted by Gasteiger charge is -2.09. The van der Waals surface area contributed by atoms with Crippen molar-refractivity contribution in [1.82, 2.24) is 15.1 Å². The summed E-state index contributed by atoms with van der Waals surface area (Å²) in [5, 5.41) is 17.5. The van der Waals surface area contributed by atoms with Crippen LogP contribution in [0.4, 0.5) is 9.93 Å². The number of anilines is 1. The van der Waals surface area contributed by atoms with Gasteiger partial charge in [0.15, 0.2) is 4.34 Å². The highest BCUT2D eigenvalue weighted by atomic mass is 32.2. The van der Waals surface area contributed by atoms with Gasteiger partial charge in [-0.05, 0) is 6.42 Å². The molecule has 0 radical (unpaired) electrons. The molecule has 0 aromatic carbocycles. The van der Waals surface area contributed by atoms with Crippen LogP contribution < -0.4 is 4.90 Å². The maximum atomic E-state index is 11.8. The summed E-state index contributed by atoms with van der Waals surface area (Å²) in [5.74, 6) is 0.240. The van der Waals surface area contributed by atoms with Crippen molar-refractivity contribution in [1.29, 1.82) is 0 Å². The van der Waals surface area contributed by atoms with Crippen molar-refractivity contribution in [2.24, 2.45) is 0 Å². The lowest BCUT2D eigenvalue weighted by Crippen LogP contribution is -2.31. The van der Waals surface area contributed by atoms with Gasteiger partial charge in [-0.15, -0.1) is 10.2 Å². The van der Waals surface area contributed by atoms with E-state index in [0.717, 1.165) is 28.4 Å². The van der Waals surface area contributed by atoms with Crippen LogP contribution in [0.3, 0.4) is 0 Å². The molecular weight excluding hydrogens is 288 g/mol. The molecule has 1 fully saturated rings. The average molecular weight is 302 g/mol. The first kappa shape index (κ1) is 14.2. The molecule has 1 atom stereocenters. The molecule has 1 unspecified atom stereocenters. The number of thioether (sulfide) groups is 1. The molecule has 0 saturated carbocycles. The number of carbonyl (C=O) groups excluding carboxylic acids is 2. The van der Waals surface area contributed by atoms with Crippen LogP contribution in [0.1, 0.15) is 19.8 Å². The lowest BCUT2D eigenvalue weighted by atomic mass is 10.4. The third-order valence-electron chi connectivity index (χ3n) is 2.61. The molecule has 104 valence electrons. The summed E-state index contributed by atoms with van der Waals surface area (Å²) < 4.78 is 0.716. The van der Waals surface area contributed by atoms with Gasteiger partial charge in [-0.1, -0.05) is 36.4 Å². The molecule has 3 amide bonds. The highest BCUT2D eigenvalue weighted by Crippen LogP contribution is 2.31. The molecular formula is C10H14N4O3S2. The minimum absolute atomic E-state index is 0.206. The highest BCUT2D eigenvalue weighted by Gasteiger charge is 2.44. The molecule has 1 aliphatic rings. The third kappa shape index (κ3) is 2.72. The second-order valence-electron chi connectivity index (χ2n) is 3.99. The van der Waals surface area contributed by atoms with Crippen molar-refractivity contribution in [2.75, 3.05) is 17.7 Å². The Labute approximate surface area is 118 Å². The van der Waals surface area contributed by atoms with Gasteiger partial charge < -0.3 is 5.11 Å². The molecule has 1 aliphatic heterocycles. The van der Waals surface area contributed by atoms with Gasteiger partial charge in [-0.2, -0.15) is 0 Å². The number of carbonyl (C=O) groups is 2. The van der Waals surface area contributed by atoms with Crippen molar-refractivity contribution < 1.29 is 14.7 Å². The molecule has 1 saturated heterocycles. The molecule has 2 heterocycles. The number of aromatic nitrogens is 2. The zero-order valence-corrected chi connectivity index (χ0v) is 12.2. The molecule has 7 nitrogen and oxygen atoms in total. The SMILES string of the molecule is CCCCSc1nnc(N2C(=O)C(O)N(C)C2=O)s1. The number of hydrogen-bond acceptors (Lipinski definition) is 7. The molecule has 2 rings (SSSR count). The lowest BCUT2D eigenvalue weighted by molar-refractivity contribution is -0.128. The van der Waals surface area contributed by atoms with E-state index in [2.05, 4.69) is 17.1 Å². The second kappa shape index (κ2) is 5.85. The van der Waals surface area contributed by atoms with Gasteiger partial charge >= 0.3 is 6.03 Å². The number of aliphatic hydroxyl groups excluding tert-OH is 1. The normalized spacial score (nSPS) is 19.6. The Balaban J connectivity index is 2.10. The van der Waals surface area contributed by atoms with Crippen LogP contribution in [0.25, 0.3) is 0 Å². The van der Waals surface area contributed by atoms with E-state index in [0.29, 0.717) is 4.34 Å². The van der Waals surface area contributed by atoms with Crippen molar-refractivity contribution in [2.45, 2.75) is 30.3 Å². The number of aliphatic hydroxyl groups is 1. The monoisotopic (exact) mass is 302 g/mol. The first-order valence-corrected chi connectivity index (χ1v) is 7.61. The van der Waals surface area contributed by atoms with E-state index in [1.54, 1.807) is 11.8 Å². The standard InChI is InChI=1S/C10H14N4O3S2/c1-3-4-5-18-9-12-11-8(19-9)14-7(16)6(15)13(2)10(14)17/h6,15H,3-5H2,1-2H3. The Morgan fingerprint density at radius 3 is 2.74 bits per heavy atom. The van der Waals surface area contributed by atoms with E-state index in [4.69, 9.17) is 0 Å². The number of amides is 3. The fourth-order valence-electron chi connectivity index (χ4n) is 1.47. The number of nitrogens with zero attached hydrogens (tertiary/aromatic N) is 4. The van der Waals surface area contributed by atoms with Crippen molar-refractivity contribution in [3.63, 3.8) is 0 Å². The number of unbranched alkanes of at least 4 members (excludes halogenated alkanes) is 1. The van der Waals surface area contributed by atoms with E-state index in [1.165, 1.54) is 18.4 Å². The Morgan fingerprint density at radius 1 is 1.42 bits per heavy atom. The Morgan fingerprint density at radius 2 is 2.16 bits per heavy atom. The fourth-order valence-corrected chi connectivity index (χ4v) is 3.46. The number of imide groups is 1. The first-order chi connectivity index (χ1) is 9.06. The van der Waals surface area contributed by atoms with Crippen LogP contribution in [-0.2, 0) is 4.79 Å². The summed E-state index contributed by atoms with van der Waals surface area (Å²) in [5.41, 5.74) is 0. The number of hydrogen-bond donors (Lipinski definition) is 1. The Bertz CT molecular complexity index is 473. The van der Waals surface area contributed by atoms with Gasteiger partial charge in [0.25, 0.3) is 5.91 Å². The predicted octanol–water partition coefficient (Wildman–Crippen LogP) is 1.15. The van der Waals surface area contributed by atoms with E-state index in [1.807, 2.05) is 0 Å². The fraction of sp³-hybridized carbons (Fsp3) is 0.600. The summed E-state index contributed by atoms with van der Waals surface area (Å²) in [6, 6.07) is -0.584. The van der Waals surface area contributed by atoms with Gasteiger partial charge in [0, 0.05) is 12.8 Å². The van der Waals surface area contributed by atoms with Crippen LogP contribution in [0, 0.1) is 0 Å². The van der Waals surface area contributed by atoms with Crippen LogP contribution in [0.15, 0.2) is 4.34 Å². The van der Waals surface area contributed by atoms with Crippen LogP contribution >= 0.6 is 23.1 Å². The largest absolute Gasteiger partial charge is 0.365 e. The average Bonchev–Trinajstić information content (AvgIpc) is 2.91. The number of rotatable bonds is 5. The highest BCUT2D eigenvalue weighted by molar-refractivity contribution is 8.01. The molecule has 0 spiro atoms. The second-order valence-corrected chi connectivity index (χ2v) is 6.29. The quantitative estimate of drug-likeness (QED) is 0.380. The van der Waals surface area contributed by atoms with Gasteiger partial charge in [-0.3, -0.25) is 9.69 Å². The summed E-state index contributed by atoms with van der Waals surface area (Å²) in [7, 11) is 1.36. The molecule has 1 aromatic rings. The van der Waals surface area contributed by atoms with E-state index < -0.39 is 18.2 Å². The smallest absolute Gasteiger partial charge is 0.335 e. The van der Waals surface area contributed by atoms with E-state index >= 15 is 0 Å². The minimum Gasteiger partial charge on any atom is -0.365 e. The van der Waals surface area contributed by atoms with Crippen LogP contribution in [0.2, 0.25) is 0 Å². The van der Waals surface area contributed by atoms with Crippen LogP contribution in [0.5, 0.6) is 0 Å². The molecule has 1 N–H and O–H groups in total. The molecule has 1 aromatic heterocycles. The van der Waals surface area contributed by atoms with Crippen molar-refractivity contribution in [3.05, 3.63) is 0 Å². The van der Waals surface area contributed by atoms with E-state index in [9.17, 15) is 14.7 Å². The van der Waals surface area contributed by atoms with Gasteiger partial charge in [0.1, 0.15) is 0 Å². The summed E-state index contributed by atoms with van der Waals surface area (Å²) >= 11 is 2.73. The maximum absolute atomic E-state index is 11.8. The zero-order chi connectivity index (χ0) is 14.0. The zero-order valence-electron chi connectivity index (χ0n) is 10.6. The van der Waals surface area contributed by atoms with Gasteiger partial charge in [0.05, 0.1) is 0 Å². The first-order valence-electron chi connectivity index (χ1n) is 5.81. The predicted molar refractivity (Wildman–Crippen MR) is 72.2 cm³/mol. The van der Waals surface area contributed by atoms with Gasteiger partial charge in [-0.25, -0.2) is 9.69 Å². The topological polar surface area (TPSA) is 86.6 Å². The van der Waals surface area contributed by atoms with Crippen LogP contribution in [-0.4, -0.2) is 51.2 Å². The molecule has 0 bridgehead atoms. The summed E-state index contributed by atoms with van der Waals surface area (Å²) in [4.78, 5) is 25.4. The van der Waals surface area contributed by atoms with Crippen molar-refractivity contribution in [3.8, 4) is 0 Å². The number of urea groups is 1. The Hall–Kier alpha value is -1.19. The maximum Gasteiger partial charge on any atom is 0.335 e. The summed E-state index contributed by atoms with van der Waals surface area (Å²) in [6.07, 6.45) is 0.731. The number of likely N-dealkylation sites (N-methyl/N-ethyl adjacent to an activating group) is 1. The molecule has 0 aliphatic carbocycles. The third-order valence-corrected chi connectivity index (χ3v) is 4.74. The summed E-state index contributed by atoms with van der Waals surface area (Å²) in [6.45, 7) is 2.10. The molecule has 19 heavy (non-hydrogen) atoms. The van der Waals surface area contributed by atoms with Crippen molar-refractivity contribution >= 4 is 40.2 Å². The minimum atomic E-state index is -1.44. The Kier molecular flexibility index (Phi) is 4.38. The van der Waals surface area contributed by atoms with E-state index in [-0.39, 0.29) is 5.13 Å². The van der Waals surface area contributed by atoms with Gasteiger partial charge in [0.2, 0.25) is 11.4 Å².